The highest BCUT2D eigenvalue weighted by Gasteiger charge is 2.16. The van der Waals surface area contributed by atoms with Gasteiger partial charge in [0.1, 0.15) is 5.60 Å². The van der Waals surface area contributed by atoms with E-state index in [0.29, 0.717) is 21.3 Å². The van der Waals surface area contributed by atoms with Gasteiger partial charge in [0.2, 0.25) is 0 Å². The number of ether oxygens (including phenoxy) is 1. The molecule has 0 bridgehead atoms. The smallest absolute Gasteiger partial charge is 0.412 e. The van der Waals surface area contributed by atoms with Gasteiger partial charge in [-0.2, -0.15) is 0 Å². The number of anilines is 1. The van der Waals surface area contributed by atoms with E-state index in [1.54, 1.807) is 63.2 Å². The molecule has 2 aromatic carbocycles. The molecular formula is C19H20Cl2N2O3. The number of nitrogens with one attached hydrogen (secondary N) is 2. The summed E-state index contributed by atoms with van der Waals surface area (Å²) in [5, 5.41) is 6.41. The molecule has 0 spiro atoms. The Morgan fingerprint density at radius 2 is 1.81 bits per heavy atom. The molecule has 2 amide bonds. The fourth-order valence-electron chi connectivity index (χ4n) is 2.10. The van der Waals surface area contributed by atoms with Crippen molar-refractivity contribution in [3.05, 3.63) is 63.6 Å². The van der Waals surface area contributed by atoms with Crippen molar-refractivity contribution in [3.8, 4) is 0 Å². The summed E-state index contributed by atoms with van der Waals surface area (Å²) in [5.74, 6) is -0.288. The first-order chi connectivity index (χ1) is 12.1. The Labute approximate surface area is 162 Å². The molecule has 0 heterocycles. The van der Waals surface area contributed by atoms with Crippen LogP contribution < -0.4 is 10.6 Å². The maximum absolute atomic E-state index is 12.3. The molecule has 2 N–H and O–H groups in total. The van der Waals surface area contributed by atoms with Gasteiger partial charge < -0.3 is 10.1 Å². The summed E-state index contributed by atoms with van der Waals surface area (Å²) in [6, 6.07) is 11.7. The Hall–Kier alpha value is -2.24. The van der Waals surface area contributed by atoms with Crippen LogP contribution in [0.3, 0.4) is 0 Å². The Morgan fingerprint density at radius 1 is 1.08 bits per heavy atom. The van der Waals surface area contributed by atoms with E-state index >= 15 is 0 Å². The maximum Gasteiger partial charge on any atom is 0.412 e. The molecule has 0 radical (unpaired) electrons. The summed E-state index contributed by atoms with van der Waals surface area (Å²) < 4.78 is 5.19. The lowest BCUT2D eigenvalue weighted by Crippen LogP contribution is -2.27. The number of hydrogen-bond donors (Lipinski definition) is 2. The van der Waals surface area contributed by atoms with E-state index in [2.05, 4.69) is 10.6 Å². The monoisotopic (exact) mass is 394 g/mol. The number of carbonyl (C=O) groups excluding carboxylic acids is 2. The fourth-order valence-corrected chi connectivity index (χ4v) is 2.58. The summed E-state index contributed by atoms with van der Waals surface area (Å²) in [4.78, 5) is 24.2. The molecule has 0 saturated carbocycles. The predicted octanol–water partition coefficient (Wildman–Crippen LogP) is 5.27. The quantitative estimate of drug-likeness (QED) is 0.741. The third-order valence-corrected chi connectivity index (χ3v) is 3.81. The average Bonchev–Trinajstić information content (AvgIpc) is 2.52. The fraction of sp³-hybridized carbons (Fsp3) is 0.263. The minimum absolute atomic E-state index is 0.262. The molecule has 0 unspecified atom stereocenters. The van der Waals surface area contributed by atoms with Gasteiger partial charge in [-0.15, -0.1) is 0 Å². The third kappa shape index (κ3) is 6.24. The van der Waals surface area contributed by atoms with E-state index in [0.717, 1.165) is 5.56 Å². The van der Waals surface area contributed by atoms with Gasteiger partial charge in [0, 0.05) is 27.8 Å². The number of benzene rings is 2. The lowest BCUT2D eigenvalue weighted by Gasteiger charge is -2.19. The van der Waals surface area contributed by atoms with Crippen molar-refractivity contribution in [2.75, 3.05) is 5.32 Å². The van der Waals surface area contributed by atoms with E-state index in [4.69, 9.17) is 27.9 Å². The lowest BCUT2D eigenvalue weighted by atomic mass is 10.1. The van der Waals surface area contributed by atoms with Crippen LogP contribution in [-0.4, -0.2) is 17.6 Å². The molecule has 0 aliphatic heterocycles. The lowest BCUT2D eigenvalue weighted by molar-refractivity contribution is 0.0635. The Balaban J connectivity index is 2.00. The molecule has 26 heavy (non-hydrogen) atoms. The Kier molecular flexibility index (Phi) is 6.51. The first kappa shape index (κ1) is 20.1. The standard InChI is InChI=1S/C19H20Cl2N2O3/c1-19(2,3)26-18(25)23-15-6-4-5-12(9-15)17(24)22-11-13-7-8-14(20)10-16(13)21/h4-10H,11H2,1-3H3,(H,22,24)(H,23,25). The van der Waals surface area contributed by atoms with E-state index in [9.17, 15) is 9.59 Å². The number of hydrogen-bond acceptors (Lipinski definition) is 3. The zero-order valence-electron chi connectivity index (χ0n) is 14.7. The number of halogens is 2. The minimum atomic E-state index is -0.600. The van der Waals surface area contributed by atoms with Crippen LogP contribution in [0.2, 0.25) is 10.0 Å². The van der Waals surface area contributed by atoms with Crippen LogP contribution in [0.1, 0.15) is 36.7 Å². The van der Waals surface area contributed by atoms with Gasteiger partial charge in [-0.1, -0.05) is 35.3 Å². The minimum Gasteiger partial charge on any atom is -0.444 e. The normalized spacial score (nSPS) is 11.0. The molecule has 7 heteroatoms. The van der Waals surface area contributed by atoms with Crippen molar-refractivity contribution in [2.24, 2.45) is 0 Å². The van der Waals surface area contributed by atoms with Crippen LogP contribution in [0.5, 0.6) is 0 Å². The van der Waals surface area contributed by atoms with Crippen molar-refractivity contribution >= 4 is 40.9 Å². The predicted molar refractivity (Wildman–Crippen MR) is 104 cm³/mol. The topological polar surface area (TPSA) is 67.4 Å². The van der Waals surface area contributed by atoms with E-state index in [1.807, 2.05) is 0 Å². The number of carbonyl (C=O) groups is 2. The zero-order valence-corrected chi connectivity index (χ0v) is 16.2. The second-order valence-corrected chi connectivity index (χ2v) is 7.47. The van der Waals surface area contributed by atoms with Crippen LogP contribution in [0.15, 0.2) is 42.5 Å². The molecule has 2 aromatic rings. The van der Waals surface area contributed by atoms with Crippen LogP contribution in [0, 0.1) is 0 Å². The van der Waals surface area contributed by atoms with Gasteiger partial charge in [-0.3, -0.25) is 10.1 Å². The molecule has 0 aliphatic rings. The van der Waals surface area contributed by atoms with E-state index in [1.165, 1.54) is 0 Å². The second-order valence-electron chi connectivity index (χ2n) is 6.63. The largest absolute Gasteiger partial charge is 0.444 e. The molecule has 0 aromatic heterocycles. The molecule has 138 valence electrons. The maximum atomic E-state index is 12.3. The number of rotatable bonds is 4. The van der Waals surface area contributed by atoms with E-state index in [-0.39, 0.29) is 12.5 Å². The molecule has 0 atom stereocenters. The summed E-state index contributed by atoms with van der Waals surface area (Å²) in [6.07, 6.45) is -0.581. The van der Waals surface area contributed by atoms with Gasteiger partial charge >= 0.3 is 6.09 Å². The van der Waals surface area contributed by atoms with Gasteiger partial charge in [0.05, 0.1) is 0 Å². The van der Waals surface area contributed by atoms with Gasteiger partial charge in [0.25, 0.3) is 5.91 Å². The number of amides is 2. The highest BCUT2D eigenvalue weighted by atomic mass is 35.5. The van der Waals surface area contributed by atoms with Crippen LogP contribution in [0.25, 0.3) is 0 Å². The molecule has 0 aliphatic carbocycles. The summed E-state index contributed by atoms with van der Waals surface area (Å²) in [7, 11) is 0. The van der Waals surface area contributed by atoms with E-state index < -0.39 is 11.7 Å². The van der Waals surface area contributed by atoms with Crippen molar-refractivity contribution in [1.82, 2.24) is 5.32 Å². The summed E-state index contributed by atoms with van der Waals surface area (Å²) >= 11 is 12.0. The second kappa shape index (κ2) is 8.43. The van der Waals surface area contributed by atoms with Crippen LogP contribution >= 0.6 is 23.2 Å². The average molecular weight is 395 g/mol. The van der Waals surface area contributed by atoms with Gasteiger partial charge in [0.15, 0.2) is 0 Å². The van der Waals surface area contributed by atoms with Crippen molar-refractivity contribution < 1.29 is 14.3 Å². The molecule has 0 fully saturated rings. The van der Waals surface area contributed by atoms with Crippen molar-refractivity contribution in [2.45, 2.75) is 32.9 Å². The van der Waals surface area contributed by atoms with Gasteiger partial charge in [-0.25, -0.2) is 4.79 Å². The molecule has 0 saturated heterocycles. The van der Waals surface area contributed by atoms with Crippen molar-refractivity contribution in [1.29, 1.82) is 0 Å². The first-order valence-electron chi connectivity index (χ1n) is 7.96. The third-order valence-electron chi connectivity index (χ3n) is 3.22. The highest BCUT2D eigenvalue weighted by molar-refractivity contribution is 6.35. The highest BCUT2D eigenvalue weighted by Crippen LogP contribution is 2.21. The molecule has 5 nitrogen and oxygen atoms in total. The Morgan fingerprint density at radius 3 is 2.46 bits per heavy atom. The summed E-state index contributed by atoms with van der Waals surface area (Å²) in [5.41, 5.74) is 1.03. The van der Waals surface area contributed by atoms with Crippen molar-refractivity contribution in [3.63, 3.8) is 0 Å². The molecule has 2 rings (SSSR count). The zero-order chi connectivity index (χ0) is 19.3. The SMILES string of the molecule is CC(C)(C)OC(=O)Nc1cccc(C(=O)NCc2ccc(Cl)cc2Cl)c1. The molecular weight excluding hydrogens is 375 g/mol. The van der Waals surface area contributed by atoms with Gasteiger partial charge in [-0.05, 0) is 56.7 Å². The van der Waals surface area contributed by atoms with Crippen LogP contribution in [0.4, 0.5) is 10.5 Å². The Bertz CT molecular complexity index is 817. The summed E-state index contributed by atoms with van der Waals surface area (Å²) in [6.45, 7) is 5.59. The van der Waals surface area contributed by atoms with Crippen LogP contribution in [-0.2, 0) is 11.3 Å². The first-order valence-corrected chi connectivity index (χ1v) is 8.72.